The van der Waals surface area contributed by atoms with E-state index in [1.807, 2.05) is 0 Å². The molecule has 1 aliphatic rings. The standard InChI is InChI=1S/C10H17N3O3/c1-3-8(14)11-12-10(16)7-5-4-6-9(15)13(7)2/h7H,3-6H2,1-2H3,(H,11,14)(H,12,16)/t7-/m0/s1. The van der Waals surface area contributed by atoms with E-state index in [1.54, 1.807) is 14.0 Å². The Balaban J connectivity index is 2.46. The van der Waals surface area contributed by atoms with Gasteiger partial charge in [0.2, 0.25) is 11.8 Å². The van der Waals surface area contributed by atoms with Crippen LogP contribution in [0.4, 0.5) is 0 Å². The van der Waals surface area contributed by atoms with Crippen LogP contribution in [0, 0.1) is 0 Å². The molecule has 0 bridgehead atoms. The summed E-state index contributed by atoms with van der Waals surface area (Å²) in [5, 5.41) is 0. The molecule has 0 saturated carbocycles. The minimum Gasteiger partial charge on any atom is -0.334 e. The topological polar surface area (TPSA) is 78.5 Å². The maximum atomic E-state index is 11.7. The van der Waals surface area contributed by atoms with Gasteiger partial charge >= 0.3 is 0 Å². The Morgan fingerprint density at radius 1 is 1.44 bits per heavy atom. The van der Waals surface area contributed by atoms with E-state index in [0.717, 1.165) is 0 Å². The van der Waals surface area contributed by atoms with Crippen molar-refractivity contribution in [1.29, 1.82) is 0 Å². The number of likely N-dealkylation sites (tertiary alicyclic amines) is 1. The first-order valence-corrected chi connectivity index (χ1v) is 5.40. The summed E-state index contributed by atoms with van der Waals surface area (Å²) in [6, 6.07) is -0.474. The summed E-state index contributed by atoms with van der Waals surface area (Å²) in [6.45, 7) is 1.69. The van der Waals surface area contributed by atoms with E-state index >= 15 is 0 Å². The molecule has 1 atom stereocenters. The van der Waals surface area contributed by atoms with Gasteiger partial charge in [-0.15, -0.1) is 0 Å². The number of piperidine rings is 1. The molecule has 3 amide bonds. The van der Waals surface area contributed by atoms with Crippen LogP contribution in [0.2, 0.25) is 0 Å². The molecule has 0 spiro atoms. The van der Waals surface area contributed by atoms with Crippen molar-refractivity contribution >= 4 is 17.7 Å². The molecule has 0 aliphatic carbocycles. The molecule has 1 fully saturated rings. The van der Waals surface area contributed by atoms with E-state index in [9.17, 15) is 14.4 Å². The van der Waals surface area contributed by atoms with E-state index in [0.29, 0.717) is 25.7 Å². The Labute approximate surface area is 94.3 Å². The van der Waals surface area contributed by atoms with Crippen molar-refractivity contribution in [2.45, 2.75) is 38.6 Å². The Hall–Kier alpha value is -1.59. The van der Waals surface area contributed by atoms with E-state index in [2.05, 4.69) is 10.9 Å². The van der Waals surface area contributed by atoms with Crippen LogP contribution in [0.25, 0.3) is 0 Å². The van der Waals surface area contributed by atoms with E-state index < -0.39 is 6.04 Å². The third-order valence-electron chi connectivity index (χ3n) is 2.68. The Kier molecular flexibility index (Phi) is 4.28. The summed E-state index contributed by atoms with van der Waals surface area (Å²) < 4.78 is 0. The zero-order chi connectivity index (χ0) is 12.1. The van der Waals surface area contributed by atoms with Crippen LogP contribution in [0.15, 0.2) is 0 Å². The molecule has 2 N–H and O–H groups in total. The molecule has 6 nitrogen and oxygen atoms in total. The maximum absolute atomic E-state index is 11.7. The van der Waals surface area contributed by atoms with Crippen LogP contribution in [0.5, 0.6) is 0 Å². The summed E-state index contributed by atoms with van der Waals surface area (Å²) >= 11 is 0. The second-order valence-corrected chi connectivity index (χ2v) is 3.80. The van der Waals surface area contributed by atoms with E-state index in [4.69, 9.17) is 0 Å². The first-order chi connectivity index (χ1) is 7.56. The molecule has 0 aromatic carbocycles. The number of likely N-dealkylation sites (N-methyl/N-ethyl adjacent to an activating group) is 1. The fourth-order valence-electron chi connectivity index (χ4n) is 1.60. The average molecular weight is 227 g/mol. The average Bonchev–Trinajstić information content (AvgIpc) is 2.29. The van der Waals surface area contributed by atoms with E-state index in [1.165, 1.54) is 4.90 Å². The van der Waals surface area contributed by atoms with Gasteiger partial charge in [0.25, 0.3) is 5.91 Å². The van der Waals surface area contributed by atoms with Crippen LogP contribution < -0.4 is 10.9 Å². The normalized spacial score (nSPS) is 20.5. The summed E-state index contributed by atoms with van der Waals surface area (Å²) in [4.78, 5) is 35.4. The summed E-state index contributed by atoms with van der Waals surface area (Å²) in [5.41, 5.74) is 4.61. The van der Waals surface area contributed by atoms with Gasteiger partial charge in [-0.1, -0.05) is 6.92 Å². The largest absolute Gasteiger partial charge is 0.334 e. The van der Waals surface area contributed by atoms with Gasteiger partial charge < -0.3 is 4.90 Å². The SMILES string of the molecule is CCC(=O)NNC(=O)[C@@H]1CCCC(=O)N1C. The maximum Gasteiger partial charge on any atom is 0.261 e. The third-order valence-corrected chi connectivity index (χ3v) is 2.68. The van der Waals surface area contributed by atoms with Gasteiger partial charge in [-0.2, -0.15) is 0 Å². The van der Waals surface area contributed by atoms with Crippen LogP contribution in [-0.2, 0) is 14.4 Å². The molecule has 1 aliphatic heterocycles. The monoisotopic (exact) mass is 227 g/mol. The molecule has 1 rings (SSSR count). The van der Waals surface area contributed by atoms with Crippen molar-refractivity contribution in [2.24, 2.45) is 0 Å². The summed E-state index contributed by atoms with van der Waals surface area (Å²) in [7, 11) is 1.60. The van der Waals surface area contributed by atoms with Crippen molar-refractivity contribution < 1.29 is 14.4 Å². The van der Waals surface area contributed by atoms with Gasteiger partial charge in [0.05, 0.1) is 0 Å². The number of carbonyl (C=O) groups excluding carboxylic acids is 3. The molecule has 6 heteroatoms. The Morgan fingerprint density at radius 2 is 2.12 bits per heavy atom. The number of nitrogens with zero attached hydrogens (tertiary/aromatic N) is 1. The highest BCUT2D eigenvalue weighted by atomic mass is 16.2. The highest BCUT2D eigenvalue weighted by Gasteiger charge is 2.30. The number of nitrogens with one attached hydrogen (secondary N) is 2. The molecule has 1 saturated heterocycles. The lowest BCUT2D eigenvalue weighted by Gasteiger charge is -2.31. The Morgan fingerprint density at radius 3 is 2.75 bits per heavy atom. The molecular weight excluding hydrogens is 210 g/mol. The van der Waals surface area contributed by atoms with Crippen molar-refractivity contribution in [1.82, 2.24) is 15.8 Å². The lowest BCUT2D eigenvalue weighted by Crippen LogP contribution is -2.54. The predicted octanol–water partition coefficient (Wildman–Crippen LogP) is -0.445. The quantitative estimate of drug-likeness (QED) is 0.627. The highest BCUT2D eigenvalue weighted by molar-refractivity contribution is 5.89. The van der Waals surface area contributed by atoms with Gasteiger partial charge in [0, 0.05) is 19.9 Å². The summed E-state index contributed by atoms with van der Waals surface area (Å²) in [5.74, 6) is -0.622. The fraction of sp³-hybridized carbons (Fsp3) is 0.700. The van der Waals surface area contributed by atoms with Crippen LogP contribution in [0.3, 0.4) is 0 Å². The van der Waals surface area contributed by atoms with Crippen LogP contribution >= 0.6 is 0 Å². The molecule has 90 valence electrons. The van der Waals surface area contributed by atoms with Gasteiger partial charge in [0.1, 0.15) is 6.04 Å². The molecule has 0 aromatic rings. The van der Waals surface area contributed by atoms with Crippen molar-refractivity contribution in [2.75, 3.05) is 7.05 Å². The number of hydrogen-bond acceptors (Lipinski definition) is 3. The molecule has 0 aromatic heterocycles. The highest BCUT2D eigenvalue weighted by Crippen LogP contribution is 2.15. The number of hydrazine groups is 1. The minimum atomic E-state index is -0.474. The van der Waals surface area contributed by atoms with Crippen LogP contribution in [-0.4, -0.2) is 35.7 Å². The van der Waals surface area contributed by atoms with E-state index in [-0.39, 0.29) is 17.7 Å². The zero-order valence-corrected chi connectivity index (χ0v) is 9.58. The number of amides is 3. The number of hydrogen-bond donors (Lipinski definition) is 2. The number of rotatable bonds is 2. The fourth-order valence-corrected chi connectivity index (χ4v) is 1.60. The molecule has 1 heterocycles. The second kappa shape index (κ2) is 5.48. The molecule has 16 heavy (non-hydrogen) atoms. The smallest absolute Gasteiger partial charge is 0.261 e. The lowest BCUT2D eigenvalue weighted by atomic mass is 10.0. The van der Waals surface area contributed by atoms with Gasteiger partial charge in [0.15, 0.2) is 0 Å². The number of carbonyl (C=O) groups is 3. The van der Waals surface area contributed by atoms with Crippen molar-refractivity contribution in [3.8, 4) is 0 Å². The van der Waals surface area contributed by atoms with Crippen molar-refractivity contribution in [3.05, 3.63) is 0 Å². The first-order valence-electron chi connectivity index (χ1n) is 5.40. The lowest BCUT2D eigenvalue weighted by molar-refractivity contribution is -0.143. The van der Waals surface area contributed by atoms with Crippen molar-refractivity contribution in [3.63, 3.8) is 0 Å². The molecule has 0 unspecified atom stereocenters. The first kappa shape index (κ1) is 12.5. The van der Waals surface area contributed by atoms with Crippen LogP contribution in [0.1, 0.15) is 32.6 Å². The summed E-state index contributed by atoms with van der Waals surface area (Å²) in [6.07, 6.45) is 2.14. The molecule has 0 radical (unpaired) electrons. The van der Waals surface area contributed by atoms with Gasteiger partial charge in [-0.05, 0) is 12.8 Å². The predicted molar refractivity (Wildman–Crippen MR) is 57.0 cm³/mol. The third kappa shape index (κ3) is 2.95. The Bertz CT molecular complexity index is 304. The second-order valence-electron chi connectivity index (χ2n) is 3.80. The van der Waals surface area contributed by atoms with Gasteiger partial charge in [-0.3, -0.25) is 25.2 Å². The minimum absolute atomic E-state index is 0.0341. The molecular formula is C10H17N3O3. The van der Waals surface area contributed by atoms with Gasteiger partial charge in [-0.25, -0.2) is 0 Å². The zero-order valence-electron chi connectivity index (χ0n) is 9.58.